The van der Waals surface area contributed by atoms with Gasteiger partial charge in [-0.15, -0.1) is 0 Å². The summed E-state index contributed by atoms with van der Waals surface area (Å²) in [6.07, 6.45) is -1.91. The van der Waals surface area contributed by atoms with E-state index in [4.69, 9.17) is 18.9 Å². The van der Waals surface area contributed by atoms with Gasteiger partial charge < -0.3 is 24.3 Å². The summed E-state index contributed by atoms with van der Waals surface area (Å²) in [7, 11) is 3.14. The van der Waals surface area contributed by atoms with Gasteiger partial charge in [0.25, 0.3) is 5.91 Å². The Bertz CT molecular complexity index is 858. The average molecular weight is 396 g/mol. The molecule has 0 saturated carbocycles. The maximum absolute atomic E-state index is 12.7. The van der Waals surface area contributed by atoms with E-state index in [0.29, 0.717) is 18.0 Å². The molecule has 0 aromatic heterocycles. The first kappa shape index (κ1) is 19.6. The van der Waals surface area contributed by atoms with Gasteiger partial charge in [0.05, 0.1) is 6.54 Å². The van der Waals surface area contributed by atoms with Gasteiger partial charge in [0.15, 0.2) is 12.4 Å². The van der Waals surface area contributed by atoms with Gasteiger partial charge >= 0.3 is 0 Å². The van der Waals surface area contributed by atoms with Crippen molar-refractivity contribution in [2.75, 3.05) is 20.8 Å². The summed E-state index contributed by atoms with van der Waals surface area (Å²) in [6.45, 7) is 0.425. The molecule has 29 heavy (non-hydrogen) atoms. The number of methoxy groups -OCH3 is 2. The van der Waals surface area contributed by atoms with Crippen molar-refractivity contribution in [1.82, 2.24) is 5.32 Å². The van der Waals surface area contributed by atoms with Crippen LogP contribution in [0.3, 0.4) is 0 Å². The van der Waals surface area contributed by atoms with E-state index < -0.39 is 24.5 Å². The van der Waals surface area contributed by atoms with Crippen molar-refractivity contribution in [1.29, 1.82) is 0 Å². The van der Waals surface area contributed by atoms with Gasteiger partial charge in [0.1, 0.15) is 18.2 Å². The molecular formula is C22H24N2O5. The summed E-state index contributed by atoms with van der Waals surface area (Å²) in [5.41, 5.74) is 1.44. The summed E-state index contributed by atoms with van der Waals surface area (Å²) < 4.78 is 23.5. The summed E-state index contributed by atoms with van der Waals surface area (Å²) in [6, 6.07) is 18.1. The Labute approximate surface area is 169 Å². The van der Waals surface area contributed by atoms with Crippen LogP contribution in [0.1, 0.15) is 15.9 Å². The van der Waals surface area contributed by atoms with Gasteiger partial charge in [-0.3, -0.25) is 4.79 Å². The van der Waals surface area contributed by atoms with E-state index in [1.807, 2.05) is 48.5 Å². The minimum Gasteiger partial charge on any atom is -0.468 e. The second-order valence-electron chi connectivity index (χ2n) is 6.94. The lowest BCUT2D eigenvalue weighted by atomic mass is 9.94. The zero-order valence-electron chi connectivity index (χ0n) is 16.4. The van der Waals surface area contributed by atoms with Crippen molar-refractivity contribution in [2.24, 2.45) is 4.99 Å². The van der Waals surface area contributed by atoms with Gasteiger partial charge in [0.2, 0.25) is 5.90 Å². The van der Waals surface area contributed by atoms with E-state index >= 15 is 0 Å². The van der Waals surface area contributed by atoms with Gasteiger partial charge in [-0.25, -0.2) is 4.99 Å². The van der Waals surface area contributed by atoms with E-state index in [2.05, 4.69) is 10.3 Å². The third kappa shape index (κ3) is 4.03. The molecule has 0 aliphatic carbocycles. The molecule has 7 nitrogen and oxygen atoms in total. The molecule has 7 heteroatoms. The lowest BCUT2D eigenvalue weighted by molar-refractivity contribution is -0.256. The van der Waals surface area contributed by atoms with Crippen LogP contribution in [0.5, 0.6) is 0 Å². The molecule has 0 unspecified atom stereocenters. The summed E-state index contributed by atoms with van der Waals surface area (Å²) >= 11 is 0. The maximum Gasteiger partial charge on any atom is 0.251 e. The first-order chi connectivity index (χ1) is 14.2. The predicted molar refractivity (Wildman–Crippen MR) is 107 cm³/mol. The van der Waals surface area contributed by atoms with Crippen molar-refractivity contribution in [2.45, 2.75) is 30.6 Å². The molecule has 2 aromatic rings. The van der Waals surface area contributed by atoms with Crippen LogP contribution < -0.4 is 5.32 Å². The monoisotopic (exact) mass is 396 g/mol. The minimum absolute atomic E-state index is 0.227. The molecule has 1 saturated heterocycles. The fourth-order valence-corrected chi connectivity index (χ4v) is 3.73. The number of hydrogen-bond donors (Lipinski definition) is 1. The molecule has 1 amide bonds. The molecule has 2 heterocycles. The predicted octanol–water partition coefficient (Wildman–Crippen LogP) is 2.02. The molecule has 1 N–H and O–H groups in total. The molecule has 152 valence electrons. The number of nitrogens with zero attached hydrogens (tertiary/aromatic N) is 1. The number of amides is 1. The molecule has 2 aromatic carbocycles. The van der Waals surface area contributed by atoms with Crippen LogP contribution in [0.4, 0.5) is 0 Å². The number of carbonyl (C=O) groups excluding carboxylic acids is 1. The highest BCUT2D eigenvalue weighted by Gasteiger charge is 2.50. The number of nitrogens with one attached hydrogen (secondary N) is 1. The van der Waals surface area contributed by atoms with Crippen molar-refractivity contribution in [3.05, 3.63) is 71.8 Å². The van der Waals surface area contributed by atoms with E-state index in [1.54, 1.807) is 26.4 Å². The molecule has 2 aliphatic rings. The number of ether oxygens (including phenoxy) is 4. The molecule has 0 bridgehead atoms. The average Bonchev–Trinajstić information content (AvgIpc) is 2.79. The minimum atomic E-state index is -0.675. The van der Waals surface area contributed by atoms with E-state index in [9.17, 15) is 4.79 Å². The molecule has 4 rings (SSSR count). The smallest absolute Gasteiger partial charge is 0.251 e. The van der Waals surface area contributed by atoms with Gasteiger partial charge in [-0.2, -0.15) is 0 Å². The highest BCUT2D eigenvalue weighted by Crippen LogP contribution is 2.30. The molecule has 0 radical (unpaired) electrons. The zero-order valence-corrected chi connectivity index (χ0v) is 16.4. The Kier molecular flexibility index (Phi) is 5.89. The van der Waals surface area contributed by atoms with Crippen LogP contribution in [0.2, 0.25) is 0 Å². The Balaban J connectivity index is 1.57. The molecule has 1 fully saturated rings. The normalized spacial score (nSPS) is 28.6. The second-order valence-corrected chi connectivity index (χ2v) is 6.94. The van der Waals surface area contributed by atoms with E-state index in [0.717, 1.165) is 5.56 Å². The molecule has 2 aliphatic heterocycles. The van der Waals surface area contributed by atoms with E-state index in [1.165, 1.54) is 0 Å². The number of hydrogen-bond acceptors (Lipinski definition) is 6. The molecule has 0 spiro atoms. The number of aliphatic imine (C=N–C) groups is 1. The first-order valence-electron chi connectivity index (χ1n) is 9.54. The van der Waals surface area contributed by atoms with Crippen LogP contribution >= 0.6 is 0 Å². The Hall–Kier alpha value is -2.74. The van der Waals surface area contributed by atoms with Crippen LogP contribution in [0.15, 0.2) is 65.7 Å². The lowest BCUT2D eigenvalue weighted by Crippen LogP contribution is -2.66. The van der Waals surface area contributed by atoms with Crippen LogP contribution in [-0.2, 0) is 18.9 Å². The zero-order chi connectivity index (χ0) is 20.2. The highest BCUT2D eigenvalue weighted by molar-refractivity contribution is 5.95. The van der Waals surface area contributed by atoms with Crippen molar-refractivity contribution >= 4 is 11.8 Å². The van der Waals surface area contributed by atoms with Crippen LogP contribution in [-0.4, -0.2) is 63.2 Å². The van der Waals surface area contributed by atoms with Gasteiger partial charge in [-0.1, -0.05) is 36.4 Å². The second kappa shape index (κ2) is 8.73. The molecule has 5 atom stereocenters. The number of fused-ring (bicyclic) bond motifs is 1. The fraction of sp³-hybridized carbons (Fsp3) is 0.364. The van der Waals surface area contributed by atoms with Crippen molar-refractivity contribution in [3.8, 4) is 0 Å². The largest absolute Gasteiger partial charge is 0.468 e. The Morgan fingerprint density at radius 2 is 1.72 bits per heavy atom. The summed E-state index contributed by atoms with van der Waals surface area (Å²) in [4.78, 5) is 17.3. The van der Waals surface area contributed by atoms with Gasteiger partial charge in [0, 0.05) is 25.3 Å². The lowest BCUT2D eigenvalue weighted by Gasteiger charge is -2.46. The fourth-order valence-electron chi connectivity index (χ4n) is 3.73. The van der Waals surface area contributed by atoms with E-state index in [-0.39, 0.29) is 12.0 Å². The SMILES string of the molecule is CO[C@@H]1O[C@@H]2CN=C(c3ccccc3)O[C@@H]2[C@H](OC)[C@H]1NC(=O)c1ccccc1. The third-order valence-corrected chi connectivity index (χ3v) is 5.17. The molecular weight excluding hydrogens is 372 g/mol. The van der Waals surface area contributed by atoms with Crippen LogP contribution in [0.25, 0.3) is 0 Å². The Morgan fingerprint density at radius 3 is 2.38 bits per heavy atom. The standard InChI is InChI=1S/C22H24N2O5/c1-26-19-17(24-20(25)14-9-5-3-6-10-14)22(27-2)28-16-13-23-21(29-18(16)19)15-11-7-4-8-12-15/h3-12,16-19,22H,13H2,1-2H3,(H,24,25)/t16-,17-,18+,19-,22-/m1/s1. The highest BCUT2D eigenvalue weighted by atomic mass is 16.7. The Morgan fingerprint density at radius 1 is 1.03 bits per heavy atom. The van der Waals surface area contributed by atoms with Crippen molar-refractivity contribution < 1.29 is 23.7 Å². The maximum atomic E-state index is 12.7. The number of carbonyl (C=O) groups is 1. The number of rotatable bonds is 5. The first-order valence-corrected chi connectivity index (χ1v) is 9.54. The van der Waals surface area contributed by atoms with Crippen LogP contribution in [0, 0.1) is 0 Å². The van der Waals surface area contributed by atoms with Gasteiger partial charge in [-0.05, 0) is 24.3 Å². The summed E-state index contributed by atoms with van der Waals surface area (Å²) in [5.74, 6) is 0.316. The quantitative estimate of drug-likeness (QED) is 0.837. The topological polar surface area (TPSA) is 78.4 Å². The van der Waals surface area contributed by atoms with Crippen molar-refractivity contribution in [3.63, 3.8) is 0 Å². The summed E-state index contributed by atoms with van der Waals surface area (Å²) in [5, 5.41) is 2.99. The number of benzene rings is 2. The third-order valence-electron chi connectivity index (χ3n) is 5.17.